The zero-order chi connectivity index (χ0) is 41.0. The number of hydrogen-bond donors (Lipinski definition) is 3. The van der Waals surface area contributed by atoms with Gasteiger partial charge in [-0.25, -0.2) is 0 Å². The lowest BCUT2D eigenvalue weighted by Crippen LogP contribution is -2.46. The van der Waals surface area contributed by atoms with Gasteiger partial charge >= 0.3 is 5.97 Å². The molecular formula is C50H93NO5. The first kappa shape index (κ1) is 54.1. The number of aliphatic hydroxyl groups is 2. The largest absolute Gasteiger partial charge is 0.462 e. The smallest absolute Gasteiger partial charge is 0.306 e. The molecule has 0 bridgehead atoms. The predicted molar refractivity (Wildman–Crippen MR) is 241 cm³/mol. The molecule has 1 amide bonds. The third kappa shape index (κ3) is 38.9. The van der Waals surface area contributed by atoms with Crippen LogP contribution in [0.2, 0.25) is 0 Å². The summed E-state index contributed by atoms with van der Waals surface area (Å²) in [6.45, 7) is 6.41. The number of carbonyl (C=O) groups is 2. The summed E-state index contributed by atoms with van der Waals surface area (Å²) >= 11 is 0. The van der Waals surface area contributed by atoms with Crippen molar-refractivity contribution in [2.24, 2.45) is 0 Å². The van der Waals surface area contributed by atoms with Crippen LogP contribution < -0.4 is 5.32 Å². The van der Waals surface area contributed by atoms with E-state index in [4.69, 9.17) is 4.74 Å². The molecule has 0 aromatic carbocycles. The van der Waals surface area contributed by atoms with Crippen LogP contribution in [0, 0.1) is 0 Å². The molecule has 0 radical (unpaired) electrons. The van der Waals surface area contributed by atoms with Crippen molar-refractivity contribution in [2.45, 2.75) is 264 Å². The van der Waals surface area contributed by atoms with E-state index in [2.05, 4.69) is 62.5 Å². The van der Waals surface area contributed by atoms with E-state index in [1.165, 1.54) is 122 Å². The highest BCUT2D eigenvalue weighted by Crippen LogP contribution is 2.17. The predicted octanol–water partition coefficient (Wildman–Crippen LogP) is 14.1. The first-order valence-electron chi connectivity index (χ1n) is 24.2. The van der Waals surface area contributed by atoms with Gasteiger partial charge in [0, 0.05) is 6.42 Å². The van der Waals surface area contributed by atoms with E-state index in [0.29, 0.717) is 19.3 Å². The summed E-state index contributed by atoms with van der Waals surface area (Å²) < 4.78 is 5.91. The first-order chi connectivity index (χ1) is 27.5. The minimum absolute atomic E-state index is 0.0665. The Bertz CT molecular complexity index is 930. The summed E-state index contributed by atoms with van der Waals surface area (Å²) in [6, 6.07) is -0.704. The molecule has 0 aliphatic carbocycles. The number of hydrogen-bond acceptors (Lipinski definition) is 5. The maximum absolute atomic E-state index is 13.1. The Morgan fingerprint density at radius 3 is 1.41 bits per heavy atom. The molecule has 0 saturated carbocycles. The van der Waals surface area contributed by atoms with E-state index in [1.807, 2.05) is 0 Å². The van der Waals surface area contributed by atoms with Crippen LogP contribution in [0.4, 0.5) is 0 Å². The van der Waals surface area contributed by atoms with Crippen LogP contribution in [-0.4, -0.2) is 46.9 Å². The summed E-state index contributed by atoms with van der Waals surface area (Å²) in [5.41, 5.74) is 0. The Labute approximate surface area is 347 Å². The molecule has 3 N–H and O–H groups in total. The van der Waals surface area contributed by atoms with Gasteiger partial charge in [-0.1, -0.05) is 186 Å². The SMILES string of the molecule is CCCCC/C=C\C/C=C\CCCCCCCC(CC(=O)NC(CO)C(O)CCCCCCCCCCCC)OC(=O)CCCCCCC/C=C\CCCCC. The second-order valence-electron chi connectivity index (χ2n) is 16.5. The van der Waals surface area contributed by atoms with E-state index in [9.17, 15) is 19.8 Å². The quantitative estimate of drug-likeness (QED) is 0.0325. The van der Waals surface area contributed by atoms with Crippen molar-refractivity contribution in [1.82, 2.24) is 5.32 Å². The summed E-state index contributed by atoms with van der Waals surface area (Å²) in [4.78, 5) is 26.0. The third-order valence-electron chi connectivity index (χ3n) is 10.9. The number of rotatable bonds is 43. The highest BCUT2D eigenvalue weighted by molar-refractivity contribution is 5.77. The fraction of sp³-hybridized carbons (Fsp3) is 0.840. The maximum atomic E-state index is 13.1. The minimum Gasteiger partial charge on any atom is -0.462 e. The topological polar surface area (TPSA) is 95.9 Å². The minimum atomic E-state index is -0.789. The fourth-order valence-electron chi connectivity index (χ4n) is 7.22. The van der Waals surface area contributed by atoms with Crippen LogP contribution in [0.15, 0.2) is 36.5 Å². The number of esters is 1. The second kappa shape index (κ2) is 44.2. The molecule has 0 fully saturated rings. The van der Waals surface area contributed by atoms with Crippen molar-refractivity contribution in [2.75, 3.05) is 6.61 Å². The lowest BCUT2D eigenvalue weighted by atomic mass is 10.0. The Hall–Kier alpha value is -1.92. The van der Waals surface area contributed by atoms with E-state index < -0.39 is 18.2 Å². The van der Waals surface area contributed by atoms with Crippen LogP contribution in [0.5, 0.6) is 0 Å². The summed E-state index contributed by atoms with van der Waals surface area (Å²) in [6.07, 6.45) is 50.5. The van der Waals surface area contributed by atoms with Gasteiger partial charge in [-0.3, -0.25) is 9.59 Å². The Morgan fingerprint density at radius 2 is 0.911 bits per heavy atom. The Kier molecular flexibility index (Phi) is 42.7. The van der Waals surface area contributed by atoms with Gasteiger partial charge in [0.05, 0.1) is 25.2 Å². The van der Waals surface area contributed by atoms with Crippen LogP contribution in [0.25, 0.3) is 0 Å². The van der Waals surface area contributed by atoms with Gasteiger partial charge in [0.1, 0.15) is 6.10 Å². The molecule has 0 heterocycles. The summed E-state index contributed by atoms with van der Waals surface area (Å²) in [7, 11) is 0. The number of carbonyl (C=O) groups excluding carboxylic acids is 2. The van der Waals surface area contributed by atoms with Crippen molar-refractivity contribution in [3.63, 3.8) is 0 Å². The Morgan fingerprint density at radius 1 is 0.518 bits per heavy atom. The number of amides is 1. The van der Waals surface area contributed by atoms with Gasteiger partial charge in [0.2, 0.25) is 5.91 Å². The van der Waals surface area contributed by atoms with Gasteiger partial charge < -0.3 is 20.3 Å². The van der Waals surface area contributed by atoms with Crippen LogP contribution >= 0.6 is 0 Å². The maximum Gasteiger partial charge on any atom is 0.306 e. The zero-order valence-corrected chi connectivity index (χ0v) is 37.3. The van der Waals surface area contributed by atoms with E-state index >= 15 is 0 Å². The van der Waals surface area contributed by atoms with E-state index in [-0.39, 0.29) is 24.9 Å². The third-order valence-corrected chi connectivity index (χ3v) is 10.9. The molecule has 328 valence electrons. The second-order valence-corrected chi connectivity index (χ2v) is 16.5. The van der Waals surface area contributed by atoms with Crippen molar-refractivity contribution in [3.05, 3.63) is 36.5 Å². The highest BCUT2D eigenvalue weighted by Gasteiger charge is 2.24. The normalized spacial score (nSPS) is 13.6. The van der Waals surface area contributed by atoms with Gasteiger partial charge in [-0.05, 0) is 83.5 Å². The number of unbranched alkanes of at least 4 members (excludes halogenated alkanes) is 25. The number of aliphatic hydroxyl groups excluding tert-OH is 2. The van der Waals surface area contributed by atoms with Crippen molar-refractivity contribution >= 4 is 11.9 Å². The molecule has 0 aliphatic rings. The number of nitrogens with one attached hydrogen (secondary N) is 1. The molecular weight excluding hydrogens is 695 g/mol. The molecule has 6 nitrogen and oxygen atoms in total. The fourth-order valence-corrected chi connectivity index (χ4v) is 7.22. The van der Waals surface area contributed by atoms with Gasteiger partial charge in [0.25, 0.3) is 0 Å². The van der Waals surface area contributed by atoms with Crippen LogP contribution in [-0.2, 0) is 14.3 Å². The van der Waals surface area contributed by atoms with Crippen molar-refractivity contribution < 1.29 is 24.5 Å². The van der Waals surface area contributed by atoms with Gasteiger partial charge in [-0.2, -0.15) is 0 Å². The summed E-state index contributed by atoms with van der Waals surface area (Å²) in [5.74, 6) is -0.494. The zero-order valence-electron chi connectivity index (χ0n) is 37.3. The van der Waals surface area contributed by atoms with Crippen molar-refractivity contribution in [3.8, 4) is 0 Å². The van der Waals surface area contributed by atoms with E-state index in [1.54, 1.807) is 0 Å². The molecule has 0 saturated heterocycles. The van der Waals surface area contributed by atoms with Crippen LogP contribution in [0.3, 0.4) is 0 Å². The molecule has 6 heteroatoms. The molecule has 3 unspecified atom stereocenters. The average molecular weight is 788 g/mol. The summed E-state index contributed by atoms with van der Waals surface area (Å²) in [5, 5.41) is 23.6. The Balaban J connectivity index is 4.63. The molecule has 0 aromatic rings. The lowest BCUT2D eigenvalue weighted by molar-refractivity contribution is -0.151. The standard InChI is InChI=1S/C50H93NO5/c1-4-7-10-13-16-19-22-24-25-26-27-29-32-35-38-41-46(56-50(55)43-40-37-34-31-28-23-20-17-14-11-8-5-2)44-49(54)51-47(45-52)48(53)42-39-36-33-30-21-18-15-12-9-6-3/h16-17,19-20,24-25,46-48,52-53H,4-15,18,21-23,26-45H2,1-3H3,(H,51,54)/b19-16-,20-17-,25-24-. The van der Waals surface area contributed by atoms with E-state index in [0.717, 1.165) is 77.0 Å². The molecule has 0 aliphatic heterocycles. The average Bonchev–Trinajstić information content (AvgIpc) is 3.19. The molecule has 0 spiro atoms. The van der Waals surface area contributed by atoms with Gasteiger partial charge in [-0.15, -0.1) is 0 Å². The monoisotopic (exact) mass is 788 g/mol. The van der Waals surface area contributed by atoms with Crippen molar-refractivity contribution in [1.29, 1.82) is 0 Å². The van der Waals surface area contributed by atoms with Crippen LogP contribution in [0.1, 0.15) is 245 Å². The molecule has 3 atom stereocenters. The highest BCUT2D eigenvalue weighted by atomic mass is 16.5. The molecule has 0 aromatic heterocycles. The van der Waals surface area contributed by atoms with Gasteiger partial charge in [0.15, 0.2) is 0 Å². The molecule has 0 rings (SSSR count). The number of allylic oxidation sites excluding steroid dienone is 6. The lowest BCUT2D eigenvalue weighted by Gasteiger charge is -2.24. The molecule has 56 heavy (non-hydrogen) atoms. The first-order valence-corrected chi connectivity index (χ1v) is 24.2. The number of ether oxygens (including phenoxy) is 1.